The molecule has 0 bridgehead atoms. The molecule has 0 atom stereocenters. The minimum absolute atomic E-state index is 0.0370. The average Bonchev–Trinajstić information content (AvgIpc) is 3.11. The molecule has 0 unspecified atom stereocenters. The molecule has 126 valence electrons. The lowest BCUT2D eigenvalue weighted by atomic mass is 10.0. The summed E-state index contributed by atoms with van der Waals surface area (Å²) in [6.07, 6.45) is 2.94. The van der Waals surface area contributed by atoms with Crippen LogP contribution < -0.4 is 4.74 Å². The Labute approximate surface area is 152 Å². The molecule has 0 saturated heterocycles. The first-order chi connectivity index (χ1) is 12.1. The average molecular weight is 348 g/mol. The summed E-state index contributed by atoms with van der Waals surface area (Å²) in [5.41, 5.74) is 4.03. The van der Waals surface area contributed by atoms with Crippen molar-refractivity contribution in [3.63, 3.8) is 0 Å². The maximum atomic E-state index is 9.41. The van der Waals surface area contributed by atoms with Gasteiger partial charge in [-0.2, -0.15) is 5.26 Å². The van der Waals surface area contributed by atoms with E-state index in [1.165, 1.54) is 11.1 Å². The largest absolute Gasteiger partial charge is 0.490 e. The molecule has 3 nitrogen and oxygen atoms in total. The van der Waals surface area contributed by atoms with Gasteiger partial charge in [-0.1, -0.05) is 31.2 Å². The van der Waals surface area contributed by atoms with Crippen LogP contribution in [0.5, 0.6) is 5.75 Å². The van der Waals surface area contributed by atoms with Crippen LogP contribution in [0.3, 0.4) is 0 Å². The number of nitriles is 1. The van der Waals surface area contributed by atoms with Gasteiger partial charge in [0.2, 0.25) is 0 Å². The monoisotopic (exact) mass is 348 g/mol. The van der Waals surface area contributed by atoms with Crippen LogP contribution >= 0.6 is 11.3 Å². The first kappa shape index (κ1) is 17.2. The van der Waals surface area contributed by atoms with E-state index >= 15 is 0 Å². The van der Waals surface area contributed by atoms with Crippen LogP contribution in [0.25, 0.3) is 21.0 Å². The molecule has 0 fully saturated rings. The molecule has 0 aliphatic heterocycles. The Morgan fingerprint density at radius 2 is 2.00 bits per heavy atom. The highest BCUT2D eigenvalue weighted by Crippen LogP contribution is 2.35. The van der Waals surface area contributed by atoms with E-state index in [2.05, 4.69) is 42.2 Å². The molecule has 1 heterocycles. The maximum Gasteiger partial charge on any atom is 0.137 e. The summed E-state index contributed by atoms with van der Waals surface area (Å²) in [7, 11) is 0. The Hall–Kier alpha value is -2.64. The predicted molar refractivity (Wildman–Crippen MR) is 103 cm³/mol. The third kappa shape index (κ3) is 3.72. The maximum absolute atomic E-state index is 9.41. The van der Waals surface area contributed by atoms with Crippen LogP contribution in [0, 0.1) is 11.3 Å². The number of nitrogens with zero attached hydrogens (tertiary/aromatic N) is 2. The molecule has 1 aromatic heterocycles. The second-order valence-corrected chi connectivity index (χ2v) is 7.06. The Kier molecular flexibility index (Phi) is 5.16. The number of rotatable bonds is 5. The third-order valence-electron chi connectivity index (χ3n) is 3.88. The fourth-order valence-electron chi connectivity index (χ4n) is 2.71. The van der Waals surface area contributed by atoms with Gasteiger partial charge in [-0.25, -0.2) is 4.98 Å². The third-order valence-corrected chi connectivity index (χ3v) is 4.96. The topological polar surface area (TPSA) is 45.9 Å². The van der Waals surface area contributed by atoms with Crippen molar-refractivity contribution in [3.05, 3.63) is 59.8 Å². The van der Waals surface area contributed by atoms with E-state index in [1.54, 1.807) is 11.3 Å². The van der Waals surface area contributed by atoms with E-state index in [1.807, 2.05) is 38.2 Å². The van der Waals surface area contributed by atoms with E-state index in [-0.39, 0.29) is 6.10 Å². The molecular weight excluding hydrogens is 328 g/mol. The highest BCUT2D eigenvalue weighted by atomic mass is 32.1. The molecule has 0 aliphatic rings. The number of hydrogen-bond acceptors (Lipinski definition) is 4. The van der Waals surface area contributed by atoms with Gasteiger partial charge in [0.15, 0.2) is 0 Å². The number of aromatic nitrogens is 1. The van der Waals surface area contributed by atoms with Gasteiger partial charge in [0.25, 0.3) is 0 Å². The smallest absolute Gasteiger partial charge is 0.137 e. The predicted octanol–water partition coefficient (Wildman–Crippen LogP) is 5.70. The Morgan fingerprint density at radius 3 is 2.72 bits per heavy atom. The summed E-state index contributed by atoms with van der Waals surface area (Å²) in [4.78, 5) is 5.72. The van der Waals surface area contributed by atoms with E-state index in [0.717, 1.165) is 21.9 Å². The summed E-state index contributed by atoms with van der Waals surface area (Å²) < 4.78 is 5.69. The number of benzene rings is 2. The molecule has 25 heavy (non-hydrogen) atoms. The van der Waals surface area contributed by atoms with Crippen LogP contribution in [0.4, 0.5) is 0 Å². The summed E-state index contributed by atoms with van der Waals surface area (Å²) in [6, 6.07) is 16.3. The Morgan fingerprint density at radius 1 is 1.20 bits per heavy atom. The molecule has 0 aliphatic carbocycles. The summed E-state index contributed by atoms with van der Waals surface area (Å²) in [6.45, 7) is 6.06. The lowest BCUT2D eigenvalue weighted by Crippen LogP contribution is -2.06. The molecule has 3 rings (SSSR count). The second kappa shape index (κ2) is 7.50. The van der Waals surface area contributed by atoms with E-state index in [4.69, 9.17) is 4.74 Å². The van der Waals surface area contributed by atoms with Crippen molar-refractivity contribution in [3.8, 4) is 32.8 Å². The fraction of sp³-hybridized carbons (Fsp3) is 0.238. The van der Waals surface area contributed by atoms with E-state index in [0.29, 0.717) is 11.3 Å². The molecule has 2 aromatic carbocycles. The molecule has 4 heteroatoms. The normalized spacial score (nSPS) is 10.7. The first-order valence-electron chi connectivity index (χ1n) is 8.37. The minimum Gasteiger partial charge on any atom is -0.490 e. The lowest BCUT2D eigenvalue weighted by molar-refractivity contribution is 0.242. The van der Waals surface area contributed by atoms with Crippen LogP contribution in [0.15, 0.2) is 48.7 Å². The molecular formula is C21H20N2OS. The van der Waals surface area contributed by atoms with Gasteiger partial charge in [-0.15, -0.1) is 11.3 Å². The zero-order chi connectivity index (χ0) is 17.8. The highest BCUT2D eigenvalue weighted by Gasteiger charge is 2.12. The molecule has 0 N–H and O–H groups in total. The summed E-state index contributed by atoms with van der Waals surface area (Å²) in [5.74, 6) is 0.620. The van der Waals surface area contributed by atoms with Gasteiger partial charge in [-0.3, -0.25) is 0 Å². The number of ether oxygens (including phenoxy) is 1. The SMILES string of the molecule is CCc1ccccc1-c1cnc(-c2ccc(OC(C)C)c(C#N)c2)s1. The van der Waals surface area contributed by atoms with Gasteiger partial charge in [-0.05, 0) is 49.6 Å². The quantitative estimate of drug-likeness (QED) is 0.594. The second-order valence-electron chi connectivity index (χ2n) is 6.03. The summed E-state index contributed by atoms with van der Waals surface area (Å²) >= 11 is 1.65. The van der Waals surface area contributed by atoms with Crippen molar-refractivity contribution in [2.24, 2.45) is 0 Å². The van der Waals surface area contributed by atoms with Gasteiger partial charge in [0, 0.05) is 11.8 Å². The summed E-state index contributed by atoms with van der Waals surface area (Å²) in [5, 5.41) is 10.3. The van der Waals surface area contributed by atoms with Gasteiger partial charge < -0.3 is 4.74 Å². The highest BCUT2D eigenvalue weighted by molar-refractivity contribution is 7.18. The Balaban J connectivity index is 1.96. The van der Waals surface area contributed by atoms with Crippen molar-refractivity contribution < 1.29 is 4.74 Å². The molecule has 3 aromatic rings. The first-order valence-corrected chi connectivity index (χ1v) is 9.19. The lowest BCUT2D eigenvalue weighted by Gasteiger charge is -2.11. The fourth-order valence-corrected chi connectivity index (χ4v) is 3.68. The van der Waals surface area contributed by atoms with Crippen molar-refractivity contribution in [1.29, 1.82) is 5.26 Å². The van der Waals surface area contributed by atoms with Gasteiger partial charge >= 0.3 is 0 Å². The Bertz CT molecular complexity index is 922. The molecule has 0 radical (unpaired) electrons. The zero-order valence-electron chi connectivity index (χ0n) is 14.6. The number of thiazole rings is 1. The van der Waals surface area contributed by atoms with Crippen molar-refractivity contribution in [2.75, 3.05) is 0 Å². The van der Waals surface area contributed by atoms with Crippen LogP contribution in [0.1, 0.15) is 31.9 Å². The zero-order valence-corrected chi connectivity index (χ0v) is 15.4. The van der Waals surface area contributed by atoms with Crippen molar-refractivity contribution >= 4 is 11.3 Å². The van der Waals surface area contributed by atoms with Gasteiger partial charge in [0.1, 0.15) is 16.8 Å². The van der Waals surface area contributed by atoms with Crippen molar-refractivity contribution in [2.45, 2.75) is 33.3 Å². The standard InChI is InChI=1S/C21H20N2OS/c1-4-15-7-5-6-8-18(15)20-13-23-21(25-20)16-9-10-19(24-14(2)3)17(11-16)12-22/h5-11,13-14H,4H2,1-3H3. The van der Waals surface area contributed by atoms with Crippen molar-refractivity contribution in [1.82, 2.24) is 4.98 Å². The minimum atomic E-state index is 0.0370. The molecule has 0 spiro atoms. The van der Waals surface area contributed by atoms with E-state index in [9.17, 15) is 5.26 Å². The molecule has 0 saturated carbocycles. The number of hydrogen-bond donors (Lipinski definition) is 0. The van der Waals surface area contributed by atoms with Crippen LogP contribution in [-0.4, -0.2) is 11.1 Å². The number of aryl methyl sites for hydroxylation is 1. The van der Waals surface area contributed by atoms with E-state index < -0.39 is 0 Å². The van der Waals surface area contributed by atoms with Gasteiger partial charge in [0.05, 0.1) is 16.5 Å². The van der Waals surface area contributed by atoms with Crippen LogP contribution in [-0.2, 0) is 6.42 Å². The molecule has 0 amide bonds. The van der Waals surface area contributed by atoms with Crippen LogP contribution in [0.2, 0.25) is 0 Å².